The Labute approximate surface area is 193 Å². The van der Waals surface area contributed by atoms with Gasteiger partial charge in [-0.3, -0.25) is 14.4 Å². The van der Waals surface area contributed by atoms with Crippen LogP contribution in [-0.4, -0.2) is 84.4 Å². The second kappa shape index (κ2) is 11.8. The van der Waals surface area contributed by atoms with E-state index in [4.69, 9.17) is 4.74 Å². The highest BCUT2D eigenvalue weighted by atomic mass is 32.1. The van der Waals surface area contributed by atoms with Gasteiger partial charge >= 0.3 is 0 Å². The summed E-state index contributed by atoms with van der Waals surface area (Å²) in [5.74, 6) is -0.369. The fourth-order valence-corrected chi connectivity index (χ4v) is 4.47. The molecule has 0 spiro atoms. The van der Waals surface area contributed by atoms with Crippen LogP contribution in [0.25, 0.3) is 0 Å². The third-order valence-corrected chi connectivity index (χ3v) is 6.48. The van der Waals surface area contributed by atoms with Crippen LogP contribution in [-0.2, 0) is 20.7 Å². The van der Waals surface area contributed by atoms with Gasteiger partial charge in [0.25, 0.3) is 5.91 Å². The highest BCUT2D eigenvalue weighted by Gasteiger charge is 2.32. The monoisotopic (exact) mass is 457 g/mol. The van der Waals surface area contributed by atoms with Crippen molar-refractivity contribution in [2.75, 3.05) is 45.9 Å². The number of ether oxygens (including phenoxy) is 1. The Morgan fingerprint density at radius 2 is 1.84 bits per heavy atom. The molecule has 2 aromatic rings. The van der Waals surface area contributed by atoms with Crippen molar-refractivity contribution in [3.8, 4) is 0 Å². The van der Waals surface area contributed by atoms with Crippen LogP contribution in [0.1, 0.15) is 29.1 Å². The Bertz CT molecular complexity index is 884. The van der Waals surface area contributed by atoms with Gasteiger partial charge in [-0.15, -0.1) is 11.3 Å². The highest BCUT2D eigenvalue weighted by molar-refractivity contribution is 7.12. The van der Waals surface area contributed by atoms with E-state index in [-0.39, 0.29) is 37.4 Å². The van der Waals surface area contributed by atoms with Crippen molar-refractivity contribution >= 4 is 29.1 Å². The van der Waals surface area contributed by atoms with Gasteiger partial charge in [0.05, 0.1) is 11.0 Å². The zero-order valence-electron chi connectivity index (χ0n) is 18.7. The summed E-state index contributed by atoms with van der Waals surface area (Å²) < 4.78 is 5.96. The fourth-order valence-electron chi connectivity index (χ4n) is 3.78. The molecule has 32 heavy (non-hydrogen) atoms. The van der Waals surface area contributed by atoms with E-state index < -0.39 is 6.10 Å². The molecule has 0 aliphatic carbocycles. The van der Waals surface area contributed by atoms with Crippen LogP contribution in [0.3, 0.4) is 0 Å². The Morgan fingerprint density at radius 3 is 2.50 bits per heavy atom. The number of nitrogens with zero attached hydrogens (tertiary/aromatic N) is 3. The summed E-state index contributed by atoms with van der Waals surface area (Å²) >= 11 is 1.35. The molecule has 0 saturated carbocycles. The van der Waals surface area contributed by atoms with Crippen molar-refractivity contribution in [2.24, 2.45) is 0 Å². The molecule has 1 saturated heterocycles. The number of benzene rings is 1. The number of hydrogen-bond donors (Lipinski definition) is 0. The van der Waals surface area contributed by atoms with Crippen molar-refractivity contribution < 1.29 is 19.1 Å². The molecule has 1 atom stereocenters. The third-order valence-electron chi connectivity index (χ3n) is 5.62. The molecule has 1 aromatic heterocycles. The highest BCUT2D eigenvalue weighted by Crippen LogP contribution is 2.16. The summed E-state index contributed by atoms with van der Waals surface area (Å²) in [7, 11) is 0. The first-order chi connectivity index (χ1) is 15.5. The van der Waals surface area contributed by atoms with Gasteiger partial charge in [-0.1, -0.05) is 36.4 Å². The summed E-state index contributed by atoms with van der Waals surface area (Å²) in [4.78, 5) is 44.0. The Morgan fingerprint density at radius 1 is 1.09 bits per heavy atom. The van der Waals surface area contributed by atoms with Gasteiger partial charge in [-0.05, 0) is 37.3 Å². The van der Waals surface area contributed by atoms with Crippen LogP contribution in [0.5, 0.6) is 0 Å². The lowest BCUT2D eigenvalue weighted by molar-refractivity contribution is -0.138. The molecule has 1 unspecified atom stereocenters. The first-order valence-corrected chi connectivity index (χ1v) is 11.9. The lowest BCUT2D eigenvalue weighted by atomic mass is 10.1. The second-order valence-corrected chi connectivity index (χ2v) is 8.69. The molecule has 3 amide bonds. The van der Waals surface area contributed by atoms with Gasteiger partial charge in [-0.2, -0.15) is 0 Å². The van der Waals surface area contributed by atoms with E-state index in [9.17, 15) is 14.4 Å². The van der Waals surface area contributed by atoms with Crippen molar-refractivity contribution in [3.05, 3.63) is 58.3 Å². The van der Waals surface area contributed by atoms with E-state index >= 15 is 0 Å². The van der Waals surface area contributed by atoms with E-state index in [1.165, 1.54) is 11.3 Å². The molecule has 0 N–H and O–H groups in total. The SMILES string of the molecule is CCN(CC)C(=O)COC1CN(CCc2ccccc2)C(=O)CN(C(=O)c2cccs2)C1. The molecule has 1 aromatic carbocycles. The average Bonchev–Trinajstić information content (AvgIpc) is 3.29. The average molecular weight is 458 g/mol. The fraction of sp³-hybridized carbons (Fsp3) is 0.458. The van der Waals surface area contributed by atoms with E-state index in [0.717, 1.165) is 12.0 Å². The lowest BCUT2D eigenvalue weighted by Crippen LogP contribution is -2.41. The van der Waals surface area contributed by atoms with Crippen LogP contribution >= 0.6 is 11.3 Å². The number of hydrogen-bond acceptors (Lipinski definition) is 5. The van der Waals surface area contributed by atoms with Gasteiger partial charge in [-0.25, -0.2) is 0 Å². The molecular formula is C24H31N3O4S. The maximum Gasteiger partial charge on any atom is 0.264 e. The third kappa shape index (κ3) is 6.40. The van der Waals surface area contributed by atoms with Crippen LogP contribution < -0.4 is 0 Å². The van der Waals surface area contributed by atoms with Crippen molar-refractivity contribution in [2.45, 2.75) is 26.4 Å². The number of likely N-dealkylation sites (N-methyl/N-ethyl adjacent to an activating group) is 1. The van der Waals surface area contributed by atoms with Crippen LogP contribution in [0.2, 0.25) is 0 Å². The van der Waals surface area contributed by atoms with Crippen LogP contribution in [0.15, 0.2) is 47.8 Å². The molecule has 3 rings (SSSR count). The number of thiophene rings is 1. The predicted octanol–water partition coefficient (Wildman–Crippen LogP) is 2.53. The molecule has 0 bridgehead atoms. The summed E-state index contributed by atoms with van der Waals surface area (Å²) in [5, 5.41) is 1.84. The van der Waals surface area contributed by atoms with Crippen molar-refractivity contribution in [3.63, 3.8) is 0 Å². The normalized spacial score (nSPS) is 16.7. The molecule has 8 heteroatoms. The minimum absolute atomic E-state index is 0.00930. The summed E-state index contributed by atoms with van der Waals surface area (Å²) in [6.45, 7) is 6.21. The maximum absolute atomic E-state index is 13.0. The van der Waals surface area contributed by atoms with Crippen molar-refractivity contribution in [1.82, 2.24) is 14.7 Å². The van der Waals surface area contributed by atoms with E-state index in [1.807, 2.05) is 55.6 Å². The first-order valence-electron chi connectivity index (χ1n) is 11.1. The van der Waals surface area contributed by atoms with Crippen molar-refractivity contribution in [1.29, 1.82) is 0 Å². The molecule has 2 heterocycles. The minimum Gasteiger partial charge on any atom is -0.365 e. The van der Waals surface area contributed by atoms with Gasteiger partial charge in [0.2, 0.25) is 11.8 Å². The maximum atomic E-state index is 13.0. The first kappa shape index (κ1) is 23.9. The molecule has 172 valence electrons. The van der Waals surface area contributed by atoms with E-state index in [2.05, 4.69) is 0 Å². The molecule has 1 fully saturated rings. The van der Waals surface area contributed by atoms with Gasteiger partial charge in [0.15, 0.2) is 0 Å². The van der Waals surface area contributed by atoms with Gasteiger partial charge in [0.1, 0.15) is 13.2 Å². The molecule has 1 aliphatic heterocycles. The molecule has 7 nitrogen and oxygen atoms in total. The summed E-state index contributed by atoms with van der Waals surface area (Å²) in [6.07, 6.45) is 0.289. The van der Waals surface area contributed by atoms with E-state index in [1.54, 1.807) is 20.8 Å². The predicted molar refractivity (Wildman–Crippen MR) is 125 cm³/mol. The van der Waals surface area contributed by atoms with Crippen LogP contribution in [0.4, 0.5) is 0 Å². The second-order valence-electron chi connectivity index (χ2n) is 7.74. The standard InChI is InChI=1S/C24H31N3O4S/c1-3-25(4-2)23(29)18-31-20-15-26(13-12-19-9-6-5-7-10-19)22(28)17-27(16-20)24(30)21-11-8-14-32-21/h5-11,14,20H,3-4,12-13,15-18H2,1-2H3. The Kier molecular flexibility index (Phi) is 8.81. The lowest BCUT2D eigenvalue weighted by Gasteiger charge is -2.26. The van der Waals surface area contributed by atoms with Crippen LogP contribution in [0, 0.1) is 0 Å². The Balaban J connectivity index is 1.71. The zero-order valence-corrected chi connectivity index (χ0v) is 19.6. The summed E-state index contributed by atoms with van der Waals surface area (Å²) in [6, 6.07) is 13.6. The quantitative estimate of drug-likeness (QED) is 0.580. The number of rotatable bonds is 9. The summed E-state index contributed by atoms with van der Waals surface area (Å²) in [5.41, 5.74) is 1.14. The number of carbonyl (C=O) groups is 3. The van der Waals surface area contributed by atoms with Gasteiger partial charge < -0.3 is 19.4 Å². The number of amides is 3. The zero-order chi connectivity index (χ0) is 22.9. The van der Waals surface area contributed by atoms with E-state index in [0.29, 0.717) is 31.1 Å². The molecular weight excluding hydrogens is 426 g/mol. The molecule has 0 radical (unpaired) electrons. The minimum atomic E-state index is -0.430. The van der Waals surface area contributed by atoms with Gasteiger partial charge in [0, 0.05) is 32.7 Å². The number of carbonyl (C=O) groups excluding carboxylic acids is 3. The molecule has 1 aliphatic rings. The largest absolute Gasteiger partial charge is 0.365 e. The topological polar surface area (TPSA) is 70.2 Å². The smallest absolute Gasteiger partial charge is 0.264 e. The Hall–Kier alpha value is -2.71.